The van der Waals surface area contributed by atoms with E-state index in [0.29, 0.717) is 33.8 Å². The zero-order valence-electron chi connectivity index (χ0n) is 14.7. The molecule has 0 unspecified atom stereocenters. The molecule has 132 valence electrons. The molecule has 6 heteroatoms. The lowest BCUT2D eigenvalue weighted by Crippen LogP contribution is -2.07. The highest BCUT2D eigenvalue weighted by Gasteiger charge is 2.21. The summed E-state index contributed by atoms with van der Waals surface area (Å²) in [6, 6.07) is 4.83. The van der Waals surface area contributed by atoms with Crippen LogP contribution in [0.3, 0.4) is 0 Å². The van der Waals surface area contributed by atoms with Crippen LogP contribution < -0.4 is 4.74 Å². The number of aromatic nitrogens is 1. The van der Waals surface area contributed by atoms with Crippen molar-refractivity contribution in [1.82, 2.24) is 4.98 Å². The van der Waals surface area contributed by atoms with Crippen LogP contribution in [0.5, 0.6) is 11.5 Å². The second-order valence-electron chi connectivity index (χ2n) is 5.47. The molecule has 0 radical (unpaired) electrons. The van der Waals surface area contributed by atoms with Gasteiger partial charge in [-0.25, -0.2) is 4.79 Å². The molecule has 6 nitrogen and oxygen atoms in total. The molecule has 2 aromatic rings. The van der Waals surface area contributed by atoms with E-state index in [1.165, 1.54) is 19.3 Å². The average Bonchev–Trinajstić information content (AvgIpc) is 2.87. The number of allylic oxidation sites excluding steroid dienone is 1. The predicted molar refractivity (Wildman–Crippen MR) is 94.2 cm³/mol. The Morgan fingerprint density at radius 1 is 1.28 bits per heavy atom. The first-order chi connectivity index (χ1) is 11.9. The highest BCUT2D eigenvalue weighted by atomic mass is 16.5. The minimum absolute atomic E-state index is 0.00593. The number of phenols is 1. The second kappa shape index (κ2) is 7.70. The highest BCUT2D eigenvalue weighted by molar-refractivity contribution is 6.08. The Hall–Kier alpha value is -3.02. The lowest BCUT2D eigenvalue weighted by Gasteiger charge is -2.03. The lowest BCUT2D eigenvalue weighted by atomic mass is 10.1. The fourth-order valence-electron chi connectivity index (χ4n) is 2.57. The third kappa shape index (κ3) is 3.91. The molecule has 1 aromatic carbocycles. The zero-order chi connectivity index (χ0) is 18.6. The van der Waals surface area contributed by atoms with E-state index in [9.17, 15) is 14.7 Å². The van der Waals surface area contributed by atoms with Crippen LogP contribution in [0, 0.1) is 13.8 Å². The van der Waals surface area contributed by atoms with Gasteiger partial charge in [0.25, 0.3) is 0 Å². The van der Waals surface area contributed by atoms with Crippen molar-refractivity contribution in [3.8, 4) is 11.5 Å². The van der Waals surface area contributed by atoms with Gasteiger partial charge in [0.05, 0.1) is 25.0 Å². The highest BCUT2D eigenvalue weighted by Crippen LogP contribution is 2.27. The van der Waals surface area contributed by atoms with Crippen LogP contribution >= 0.6 is 0 Å². The van der Waals surface area contributed by atoms with Gasteiger partial charge in [0.15, 0.2) is 11.5 Å². The summed E-state index contributed by atoms with van der Waals surface area (Å²) < 4.78 is 10.00. The normalized spacial score (nSPS) is 10.9. The number of hydrogen-bond acceptors (Lipinski definition) is 5. The van der Waals surface area contributed by atoms with E-state index in [-0.39, 0.29) is 18.1 Å². The largest absolute Gasteiger partial charge is 0.504 e. The Labute approximate surface area is 146 Å². The molecule has 0 atom stereocenters. The van der Waals surface area contributed by atoms with Gasteiger partial charge in [-0.1, -0.05) is 12.1 Å². The van der Waals surface area contributed by atoms with E-state index in [1.54, 1.807) is 39.0 Å². The number of aromatic amines is 1. The fourth-order valence-corrected chi connectivity index (χ4v) is 2.57. The van der Waals surface area contributed by atoms with E-state index in [0.717, 1.165) is 0 Å². The van der Waals surface area contributed by atoms with Gasteiger partial charge < -0.3 is 19.6 Å². The molecule has 0 fully saturated rings. The summed E-state index contributed by atoms with van der Waals surface area (Å²) in [6.45, 7) is 5.43. The number of phenolic OH excluding ortho intramolecular Hbond substituents is 1. The third-order valence-corrected chi connectivity index (χ3v) is 3.79. The summed E-state index contributed by atoms with van der Waals surface area (Å²) in [7, 11) is 1.46. The van der Waals surface area contributed by atoms with Crippen LogP contribution in [0.25, 0.3) is 6.08 Å². The van der Waals surface area contributed by atoms with Crippen LogP contribution in [0.1, 0.15) is 44.6 Å². The van der Waals surface area contributed by atoms with Gasteiger partial charge in [-0.3, -0.25) is 4.79 Å². The summed E-state index contributed by atoms with van der Waals surface area (Å²) in [6.07, 6.45) is 2.97. The molecule has 1 heterocycles. The summed E-state index contributed by atoms with van der Waals surface area (Å²) in [5, 5.41) is 9.77. The first kappa shape index (κ1) is 18.3. The molecule has 0 saturated carbocycles. The number of aryl methyl sites for hydroxylation is 1. The Morgan fingerprint density at radius 3 is 2.60 bits per heavy atom. The van der Waals surface area contributed by atoms with Crippen LogP contribution in [-0.2, 0) is 4.74 Å². The number of methoxy groups -OCH3 is 1. The average molecular weight is 343 g/mol. The number of H-pyrrole nitrogens is 1. The van der Waals surface area contributed by atoms with Crippen molar-refractivity contribution >= 4 is 17.8 Å². The Bertz CT molecular complexity index is 833. The standard InChI is InChI=1S/C19H21NO5/c1-5-25-19(23)17-11(2)18(20-12(17)3)14(21)8-6-13-7-9-16(24-4)15(22)10-13/h6-10,20,22H,5H2,1-4H3/b8-6+. The lowest BCUT2D eigenvalue weighted by molar-refractivity contribution is 0.0525. The van der Waals surface area contributed by atoms with Gasteiger partial charge in [-0.2, -0.15) is 0 Å². The molecule has 0 aliphatic heterocycles. The van der Waals surface area contributed by atoms with E-state index in [2.05, 4.69) is 4.98 Å². The molecule has 0 bridgehead atoms. The maximum Gasteiger partial charge on any atom is 0.340 e. The summed E-state index contributed by atoms with van der Waals surface area (Å²) in [5.74, 6) is -0.365. The number of ether oxygens (including phenoxy) is 2. The Balaban J connectivity index is 2.25. The smallest absolute Gasteiger partial charge is 0.340 e. The van der Waals surface area contributed by atoms with Crippen molar-refractivity contribution in [3.05, 3.63) is 52.4 Å². The Kier molecular flexibility index (Phi) is 5.64. The van der Waals surface area contributed by atoms with Crippen molar-refractivity contribution in [2.75, 3.05) is 13.7 Å². The number of rotatable bonds is 6. The number of ketones is 1. The van der Waals surface area contributed by atoms with E-state index in [4.69, 9.17) is 9.47 Å². The maximum absolute atomic E-state index is 12.4. The number of esters is 1. The number of nitrogens with one attached hydrogen (secondary N) is 1. The monoisotopic (exact) mass is 343 g/mol. The molecule has 2 rings (SSSR count). The van der Waals surface area contributed by atoms with Crippen LogP contribution in [0.2, 0.25) is 0 Å². The summed E-state index contributed by atoms with van der Waals surface area (Å²) in [5.41, 5.74) is 2.53. The molecule has 0 aliphatic rings. The van der Waals surface area contributed by atoms with Crippen molar-refractivity contribution in [2.24, 2.45) is 0 Å². The van der Waals surface area contributed by atoms with Crippen molar-refractivity contribution in [2.45, 2.75) is 20.8 Å². The predicted octanol–water partition coefficient (Wildman–Crippen LogP) is 3.42. The third-order valence-electron chi connectivity index (χ3n) is 3.79. The van der Waals surface area contributed by atoms with Gasteiger partial charge in [0, 0.05) is 5.69 Å². The number of hydrogen-bond donors (Lipinski definition) is 2. The van der Waals surface area contributed by atoms with Crippen LogP contribution in [0.15, 0.2) is 24.3 Å². The van der Waals surface area contributed by atoms with E-state index in [1.807, 2.05) is 0 Å². The molecular weight excluding hydrogens is 322 g/mol. The van der Waals surface area contributed by atoms with Gasteiger partial charge >= 0.3 is 5.97 Å². The number of benzene rings is 1. The zero-order valence-corrected chi connectivity index (χ0v) is 14.7. The van der Waals surface area contributed by atoms with E-state index < -0.39 is 5.97 Å². The molecule has 0 saturated heterocycles. The maximum atomic E-state index is 12.4. The van der Waals surface area contributed by atoms with Crippen LogP contribution in [-0.4, -0.2) is 35.6 Å². The van der Waals surface area contributed by atoms with E-state index >= 15 is 0 Å². The van der Waals surface area contributed by atoms with Crippen LogP contribution in [0.4, 0.5) is 0 Å². The minimum Gasteiger partial charge on any atom is -0.504 e. The van der Waals surface area contributed by atoms with Crippen molar-refractivity contribution in [1.29, 1.82) is 0 Å². The summed E-state index contributed by atoms with van der Waals surface area (Å²) in [4.78, 5) is 27.4. The van der Waals surface area contributed by atoms with Crippen molar-refractivity contribution in [3.63, 3.8) is 0 Å². The molecule has 0 aliphatic carbocycles. The van der Waals surface area contributed by atoms with Crippen molar-refractivity contribution < 1.29 is 24.2 Å². The molecular formula is C19H21NO5. The second-order valence-corrected chi connectivity index (χ2v) is 5.47. The first-order valence-corrected chi connectivity index (χ1v) is 7.84. The Morgan fingerprint density at radius 2 is 2.00 bits per heavy atom. The van der Waals surface area contributed by atoms with Gasteiger partial charge in [0.1, 0.15) is 0 Å². The molecule has 0 spiro atoms. The topological polar surface area (TPSA) is 88.6 Å². The molecule has 2 N–H and O–H groups in total. The van der Waals surface area contributed by atoms with Gasteiger partial charge in [-0.05, 0) is 50.1 Å². The quantitative estimate of drug-likeness (QED) is 0.477. The minimum atomic E-state index is -0.447. The molecule has 0 amide bonds. The molecule has 25 heavy (non-hydrogen) atoms. The van der Waals surface area contributed by atoms with Gasteiger partial charge in [0.2, 0.25) is 5.78 Å². The van der Waals surface area contributed by atoms with Gasteiger partial charge in [-0.15, -0.1) is 0 Å². The SMILES string of the molecule is CCOC(=O)c1c(C)[nH]c(C(=O)/C=C/c2ccc(OC)c(O)c2)c1C. The molecule has 1 aromatic heterocycles. The number of carbonyl (C=O) groups excluding carboxylic acids is 2. The number of aromatic hydroxyl groups is 1. The summed E-state index contributed by atoms with van der Waals surface area (Å²) >= 11 is 0. The first-order valence-electron chi connectivity index (χ1n) is 7.84. The number of carbonyl (C=O) groups is 2. The fraction of sp³-hybridized carbons (Fsp3) is 0.263.